The van der Waals surface area contributed by atoms with Gasteiger partial charge in [0, 0.05) is 18.4 Å². The number of aromatic hydroxyl groups is 1. The van der Waals surface area contributed by atoms with Gasteiger partial charge in [-0.05, 0) is 36.6 Å². The van der Waals surface area contributed by atoms with Gasteiger partial charge in [-0.25, -0.2) is 0 Å². The van der Waals surface area contributed by atoms with Crippen molar-refractivity contribution in [2.24, 2.45) is 0 Å². The van der Waals surface area contributed by atoms with Crippen molar-refractivity contribution in [2.45, 2.75) is 31.3 Å². The summed E-state index contributed by atoms with van der Waals surface area (Å²) in [7, 11) is 0. The number of fused-ring (bicyclic) bond motifs is 1. The van der Waals surface area contributed by atoms with Gasteiger partial charge in [0.05, 0.1) is 11.9 Å². The molecule has 1 aromatic carbocycles. The third kappa shape index (κ3) is 1.91. The predicted octanol–water partition coefficient (Wildman–Crippen LogP) is 2.75. The van der Waals surface area contributed by atoms with Gasteiger partial charge >= 0.3 is 0 Å². The lowest BCUT2D eigenvalue weighted by Crippen LogP contribution is -2.32. The van der Waals surface area contributed by atoms with Gasteiger partial charge < -0.3 is 14.6 Å². The van der Waals surface area contributed by atoms with E-state index in [-0.39, 0.29) is 5.75 Å². The number of hydrogen-bond donors (Lipinski definition) is 2. The zero-order valence-electron chi connectivity index (χ0n) is 10.1. The van der Waals surface area contributed by atoms with Crippen LogP contribution in [0.25, 0.3) is 0 Å². The van der Waals surface area contributed by atoms with Crippen LogP contribution in [0, 0.1) is 0 Å². The molecule has 2 aromatic rings. The number of aryl methyl sites for hydroxylation is 1. The van der Waals surface area contributed by atoms with Crippen LogP contribution < -0.4 is 0 Å². The highest BCUT2D eigenvalue weighted by Crippen LogP contribution is 2.38. The highest BCUT2D eigenvalue weighted by atomic mass is 16.3. The molecule has 1 heterocycles. The molecule has 0 bridgehead atoms. The second-order valence-corrected chi connectivity index (χ2v) is 4.99. The number of benzene rings is 1. The molecule has 0 amide bonds. The van der Waals surface area contributed by atoms with Crippen LogP contribution in [0.1, 0.15) is 29.7 Å². The van der Waals surface area contributed by atoms with E-state index in [0.717, 1.165) is 36.1 Å². The standard InChI is InChI=1S/C15H16O3/c16-12-5-3-11(4-6-12)10-15(17)8-1-2-14-13(15)7-9-18-14/h3-7,9,16-17H,1-2,8,10H2. The first kappa shape index (κ1) is 11.4. The summed E-state index contributed by atoms with van der Waals surface area (Å²) in [6.45, 7) is 0. The summed E-state index contributed by atoms with van der Waals surface area (Å²) in [5, 5.41) is 20.1. The van der Waals surface area contributed by atoms with E-state index in [1.54, 1.807) is 18.4 Å². The summed E-state index contributed by atoms with van der Waals surface area (Å²) in [4.78, 5) is 0. The van der Waals surface area contributed by atoms with Crippen LogP contribution in [-0.2, 0) is 18.4 Å². The maximum absolute atomic E-state index is 10.8. The Hall–Kier alpha value is -1.74. The van der Waals surface area contributed by atoms with E-state index in [4.69, 9.17) is 4.42 Å². The molecule has 1 unspecified atom stereocenters. The maximum Gasteiger partial charge on any atom is 0.115 e. The van der Waals surface area contributed by atoms with E-state index in [9.17, 15) is 10.2 Å². The normalized spacial score (nSPS) is 22.7. The zero-order valence-corrected chi connectivity index (χ0v) is 10.1. The minimum Gasteiger partial charge on any atom is -0.508 e. The number of phenols is 1. The van der Waals surface area contributed by atoms with Crippen molar-refractivity contribution in [2.75, 3.05) is 0 Å². The monoisotopic (exact) mass is 244 g/mol. The molecule has 3 heteroatoms. The molecule has 0 fully saturated rings. The van der Waals surface area contributed by atoms with Crippen LogP contribution in [0.2, 0.25) is 0 Å². The highest BCUT2D eigenvalue weighted by molar-refractivity contribution is 5.32. The summed E-state index contributed by atoms with van der Waals surface area (Å²) in [6.07, 6.45) is 4.80. The first-order valence-corrected chi connectivity index (χ1v) is 6.24. The Morgan fingerprint density at radius 2 is 1.94 bits per heavy atom. The molecule has 0 aliphatic heterocycles. The lowest BCUT2D eigenvalue weighted by atomic mass is 9.79. The Bertz CT molecular complexity index is 541. The fourth-order valence-electron chi connectivity index (χ4n) is 2.76. The smallest absolute Gasteiger partial charge is 0.115 e. The van der Waals surface area contributed by atoms with Crippen LogP contribution in [0.3, 0.4) is 0 Å². The van der Waals surface area contributed by atoms with Crippen molar-refractivity contribution < 1.29 is 14.6 Å². The number of aliphatic hydroxyl groups is 1. The first-order valence-electron chi connectivity index (χ1n) is 6.24. The molecule has 0 radical (unpaired) electrons. The van der Waals surface area contributed by atoms with Crippen molar-refractivity contribution in [1.29, 1.82) is 0 Å². The van der Waals surface area contributed by atoms with Crippen LogP contribution >= 0.6 is 0 Å². The summed E-state index contributed by atoms with van der Waals surface area (Å²) in [5.41, 5.74) is 1.10. The molecule has 1 aliphatic carbocycles. The van der Waals surface area contributed by atoms with Crippen molar-refractivity contribution >= 4 is 0 Å². The summed E-state index contributed by atoms with van der Waals surface area (Å²) in [5.74, 6) is 1.15. The van der Waals surface area contributed by atoms with Crippen molar-refractivity contribution in [3.63, 3.8) is 0 Å². The molecule has 1 aliphatic rings. The van der Waals surface area contributed by atoms with Gasteiger partial charge in [-0.1, -0.05) is 12.1 Å². The molecular formula is C15H16O3. The van der Waals surface area contributed by atoms with E-state index in [1.807, 2.05) is 18.2 Å². The largest absolute Gasteiger partial charge is 0.508 e. The van der Waals surface area contributed by atoms with E-state index in [1.165, 1.54) is 0 Å². The lowest BCUT2D eigenvalue weighted by Gasteiger charge is -2.31. The Balaban J connectivity index is 1.91. The molecule has 0 spiro atoms. The van der Waals surface area contributed by atoms with Gasteiger partial charge in [0.25, 0.3) is 0 Å². The minimum absolute atomic E-state index is 0.249. The third-order valence-electron chi connectivity index (χ3n) is 3.67. The maximum atomic E-state index is 10.8. The van der Waals surface area contributed by atoms with Gasteiger partial charge in [0.15, 0.2) is 0 Å². The van der Waals surface area contributed by atoms with E-state index < -0.39 is 5.60 Å². The molecule has 3 nitrogen and oxygen atoms in total. The van der Waals surface area contributed by atoms with Crippen LogP contribution in [0.4, 0.5) is 0 Å². The van der Waals surface area contributed by atoms with Gasteiger partial charge in [0.1, 0.15) is 11.5 Å². The third-order valence-corrected chi connectivity index (χ3v) is 3.67. The van der Waals surface area contributed by atoms with Crippen LogP contribution in [-0.4, -0.2) is 10.2 Å². The number of phenolic OH excluding ortho intramolecular Hbond substituents is 1. The quantitative estimate of drug-likeness (QED) is 0.854. The second-order valence-electron chi connectivity index (χ2n) is 4.99. The summed E-state index contributed by atoms with van der Waals surface area (Å²) < 4.78 is 5.41. The fraction of sp³-hybridized carbons (Fsp3) is 0.333. The Kier molecular flexibility index (Phi) is 2.63. The van der Waals surface area contributed by atoms with Gasteiger partial charge in [-0.2, -0.15) is 0 Å². The van der Waals surface area contributed by atoms with Crippen molar-refractivity contribution in [3.05, 3.63) is 53.5 Å². The topological polar surface area (TPSA) is 53.6 Å². The molecule has 0 saturated heterocycles. The Morgan fingerprint density at radius 3 is 2.72 bits per heavy atom. The Labute approximate surface area is 106 Å². The Morgan fingerprint density at radius 1 is 1.17 bits per heavy atom. The highest BCUT2D eigenvalue weighted by Gasteiger charge is 2.36. The molecule has 3 rings (SSSR count). The molecule has 0 saturated carbocycles. The number of rotatable bonds is 2. The second kappa shape index (κ2) is 4.18. The summed E-state index contributed by atoms with van der Waals surface area (Å²) >= 11 is 0. The van der Waals surface area contributed by atoms with Crippen LogP contribution in [0.5, 0.6) is 5.75 Å². The van der Waals surface area contributed by atoms with Crippen molar-refractivity contribution in [1.82, 2.24) is 0 Å². The SMILES string of the molecule is Oc1ccc(CC2(O)CCCc3occc32)cc1. The first-order chi connectivity index (χ1) is 8.67. The molecular weight excluding hydrogens is 228 g/mol. The molecule has 1 aromatic heterocycles. The minimum atomic E-state index is -0.836. The van der Waals surface area contributed by atoms with Gasteiger partial charge in [-0.3, -0.25) is 0 Å². The number of hydrogen-bond acceptors (Lipinski definition) is 3. The average Bonchev–Trinajstić information content (AvgIpc) is 2.82. The molecule has 1 atom stereocenters. The van der Waals surface area contributed by atoms with E-state index in [0.29, 0.717) is 6.42 Å². The summed E-state index contributed by atoms with van der Waals surface area (Å²) in [6, 6.07) is 8.87. The van der Waals surface area contributed by atoms with E-state index >= 15 is 0 Å². The predicted molar refractivity (Wildman–Crippen MR) is 67.4 cm³/mol. The fourth-order valence-corrected chi connectivity index (χ4v) is 2.76. The molecule has 18 heavy (non-hydrogen) atoms. The zero-order chi connectivity index (χ0) is 12.6. The molecule has 94 valence electrons. The van der Waals surface area contributed by atoms with Crippen LogP contribution in [0.15, 0.2) is 41.0 Å². The van der Waals surface area contributed by atoms with Crippen molar-refractivity contribution in [3.8, 4) is 5.75 Å². The lowest BCUT2D eigenvalue weighted by molar-refractivity contribution is 0.0168. The van der Waals surface area contributed by atoms with Gasteiger partial charge in [0.2, 0.25) is 0 Å². The van der Waals surface area contributed by atoms with Gasteiger partial charge in [-0.15, -0.1) is 0 Å². The molecule has 2 N–H and O–H groups in total. The van der Waals surface area contributed by atoms with E-state index in [2.05, 4.69) is 0 Å². The number of furan rings is 1. The average molecular weight is 244 g/mol.